The third-order valence-corrected chi connectivity index (χ3v) is 2.73. The number of allylic oxidation sites excluding steroid dienone is 3. The van der Waals surface area contributed by atoms with Crippen LogP contribution in [0.1, 0.15) is 6.92 Å². The zero-order valence-electron chi connectivity index (χ0n) is 9.07. The van der Waals surface area contributed by atoms with Gasteiger partial charge in [-0.05, 0) is 13.0 Å². The van der Waals surface area contributed by atoms with Crippen molar-refractivity contribution in [3.05, 3.63) is 23.9 Å². The van der Waals surface area contributed by atoms with Crippen molar-refractivity contribution in [3.63, 3.8) is 0 Å². The van der Waals surface area contributed by atoms with E-state index in [0.29, 0.717) is 0 Å². The summed E-state index contributed by atoms with van der Waals surface area (Å²) in [5.74, 6) is -0.0658. The lowest BCUT2D eigenvalue weighted by atomic mass is 9.99. The number of alkyl halides is 1. The van der Waals surface area contributed by atoms with Crippen LogP contribution in [0.25, 0.3) is 0 Å². The van der Waals surface area contributed by atoms with Gasteiger partial charge >= 0.3 is 5.97 Å². The Morgan fingerprint density at radius 3 is 2.73 bits per heavy atom. The third kappa shape index (κ3) is 3.09. The summed E-state index contributed by atoms with van der Waals surface area (Å²) in [6, 6.07) is 0. The molecule has 0 radical (unpaired) electrons. The van der Waals surface area contributed by atoms with Gasteiger partial charge in [-0.2, -0.15) is 0 Å². The standard InChI is InChI=1S/C11H16BrNO2/c1-3-4-10(5-6-12)13-7-9(8-13)11(14)15-2/h3-5,9H,6-8H2,1-2H3/b4-3-,10-5+. The molecule has 0 N–H and O–H groups in total. The fraction of sp³-hybridized carbons (Fsp3) is 0.545. The summed E-state index contributed by atoms with van der Waals surface area (Å²) in [6.45, 7) is 3.51. The van der Waals surface area contributed by atoms with Crippen molar-refractivity contribution in [1.29, 1.82) is 0 Å². The molecule has 1 saturated heterocycles. The summed E-state index contributed by atoms with van der Waals surface area (Å²) in [4.78, 5) is 13.4. The summed E-state index contributed by atoms with van der Waals surface area (Å²) in [6.07, 6.45) is 6.14. The lowest BCUT2D eigenvalue weighted by Crippen LogP contribution is -2.49. The Morgan fingerprint density at radius 2 is 2.27 bits per heavy atom. The molecule has 0 bridgehead atoms. The molecule has 3 nitrogen and oxygen atoms in total. The van der Waals surface area contributed by atoms with Gasteiger partial charge in [-0.3, -0.25) is 4.79 Å². The molecule has 0 amide bonds. The summed E-state index contributed by atoms with van der Waals surface area (Å²) < 4.78 is 4.69. The molecule has 1 aliphatic heterocycles. The smallest absolute Gasteiger partial charge is 0.312 e. The number of carbonyl (C=O) groups is 1. The number of carbonyl (C=O) groups excluding carboxylic acids is 1. The Morgan fingerprint density at radius 1 is 1.60 bits per heavy atom. The van der Waals surface area contributed by atoms with E-state index < -0.39 is 0 Å². The van der Waals surface area contributed by atoms with Gasteiger partial charge in [0.25, 0.3) is 0 Å². The lowest BCUT2D eigenvalue weighted by Gasteiger charge is -2.40. The molecule has 0 spiro atoms. The minimum Gasteiger partial charge on any atom is -0.469 e. The number of hydrogen-bond donors (Lipinski definition) is 0. The highest BCUT2D eigenvalue weighted by Gasteiger charge is 2.33. The normalized spacial score (nSPS) is 18.1. The maximum Gasteiger partial charge on any atom is 0.312 e. The van der Waals surface area contributed by atoms with Crippen LogP contribution in [0.15, 0.2) is 23.9 Å². The fourth-order valence-electron chi connectivity index (χ4n) is 1.56. The summed E-state index contributed by atoms with van der Waals surface area (Å²) in [5.41, 5.74) is 1.16. The van der Waals surface area contributed by atoms with E-state index >= 15 is 0 Å². The highest BCUT2D eigenvalue weighted by atomic mass is 79.9. The number of esters is 1. The molecule has 1 heterocycles. The molecular formula is C11H16BrNO2. The van der Waals surface area contributed by atoms with Crippen molar-refractivity contribution in [2.45, 2.75) is 6.92 Å². The quantitative estimate of drug-likeness (QED) is 0.446. The van der Waals surface area contributed by atoms with Gasteiger partial charge in [-0.15, -0.1) is 0 Å². The number of methoxy groups -OCH3 is 1. The van der Waals surface area contributed by atoms with Crippen LogP contribution in [-0.2, 0) is 9.53 Å². The minimum atomic E-state index is -0.107. The second kappa shape index (κ2) is 5.95. The monoisotopic (exact) mass is 273 g/mol. The van der Waals surface area contributed by atoms with Crippen molar-refractivity contribution in [2.24, 2.45) is 5.92 Å². The Kier molecular flexibility index (Phi) is 4.88. The van der Waals surface area contributed by atoms with E-state index in [1.807, 2.05) is 13.0 Å². The number of hydrogen-bond acceptors (Lipinski definition) is 3. The molecule has 1 aliphatic rings. The zero-order chi connectivity index (χ0) is 11.3. The summed E-state index contributed by atoms with van der Waals surface area (Å²) in [5, 5.41) is 0.825. The number of nitrogens with zero attached hydrogens (tertiary/aromatic N) is 1. The maximum atomic E-state index is 11.2. The first-order valence-electron chi connectivity index (χ1n) is 4.94. The van der Waals surface area contributed by atoms with E-state index in [-0.39, 0.29) is 11.9 Å². The van der Waals surface area contributed by atoms with Crippen LogP contribution in [0.2, 0.25) is 0 Å². The molecular weight excluding hydrogens is 258 g/mol. The topological polar surface area (TPSA) is 29.5 Å². The molecule has 0 atom stereocenters. The van der Waals surface area contributed by atoms with Crippen LogP contribution < -0.4 is 0 Å². The molecule has 0 unspecified atom stereocenters. The van der Waals surface area contributed by atoms with Gasteiger partial charge in [0.2, 0.25) is 0 Å². The Labute approximate surface area is 98.9 Å². The maximum absolute atomic E-state index is 11.2. The average Bonchev–Trinajstić information content (AvgIpc) is 2.16. The number of ether oxygens (including phenoxy) is 1. The van der Waals surface area contributed by atoms with E-state index in [1.165, 1.54) is 7.11 Å². The van der Waals surface area contributed by atoms with Gasteiger partial charge < -0.3 is 9.64 Å². The van der Waals surface area contributed by atoms with Crippen LogP contribution in [0.4, 0.5) is 0 Å². The van der Waals surface area contributed by atoms with Crippen molar-refractivity contribution < 1.29 is 9.53 Å². The van der Waals surface area contributed by atoms with Crippen molar-refractivity contribution in [1.82, 2.24) is 4.90 Å². The second-order valence-electron chi connectivity index (χ2n) is 3.41. The van der Waals surface area contributed by atoms with E-state index in [1.54, 1.807) is 0 Å². The predicted molar refractivity (Wildman–Crippen MR) is 63.8 cm³/mol. The lowest BCUT2D eigenvalue weighted by molar-refractivity contribution is -0.150. The van der Waals surface area contributed by atoms with Gasteiger partial charge in [0.05, 0.1) is 13.0 Å². The third-order valence-electron chi connectivity index (χ3n) is 2.40. The number of rotatable bonds is 4. The molecule has 0 aromatic rings. The average molecular weight is 274 g/mol. The van der Waals surface area contributed by atoms with Crippen LogP contribution in [0.3, 0.4) is 0 Å². The molecule has 0 aromatic carbocycles. The first kappa shape index (κ1) is 12.3. The molecule has 4 heteroatoms. The van der Waals surface area contributed by atoms with Gasteiger partial charge in [0, 0.05) is 24.1 Å². The van der Waals surface area contributed by atoms with Gasteiger partial charge in [-0.25, -0.2) is 0 Å². The first-order chi connectivity index (χ1) is 7.22. The van der Waals surface area contributed by atoms with Crippen molar-refractivity contribution >= 4 is 21.9 Å². The summed E-state index contributed by atoms with van der Waals surface area (Å²) >= 11 is 3.37. The second-order valence-corrected chi connectivity index (χ2v) is 4.06. The fourth-order valence-corrected chi connectivity index (χ4v) is 1.89. The van der Waals surface area contributed by atoms with E-state index in [0.717, 1.165) is 24.1 Å². The number of halogens is 1. The molecule has 1 fully saturated rings. The Hall–Kier alpha value is -0.770. The van der Waals surface area contributed by atoms with Gasteiger partial charge in [-0.1, -0.05) is 28.1 Å². The predicted octanol–water partition coefficient (Wildman–Crippen LogP) is 1.95. The molecule has 0 aliphatic carbocycles. The van der Waals surface area contributed by atoms with E-state index in [2.05, 4.69) is 37.7 Å². The van der Waals surface area contributed by atoms with Crippen LogP contribution >= 0.6 is 15.9 Å². The minimum absolute atomic E-state index is 0.0407. The largest absolute Gasteiger partial charge is 0.469 e. The molecule has 0 aromatic heterocycles. The SMILES string of the molecule is C/C=C\C(=C/CBr)N1CC(C(=O)OC)C1. The van der Waals surface area contributed by atoms with E-state index in [4.69, 9.17) is 0 Å². The first-order valence-corrected chi connectivity index (χ1v) is 6.06. The molecule has 1 rings (SSSR count). The van der Waals surface area contributed by atoms with Crippen LogP contribution in [-0.4, -0.2) is 36.4 Å². The Balaban J connectivity index is 2.48. The zero-order valence-corrected chi connectivity index (χ0v) is 10.7. The van der Waals surface area contributed by atoms with Crippen LogP contribution in [0.5, 0.6) is 0 Å². The molecule has 84 valence electrons. The summed E-state index contributed by atoms with van der Waals surface area (Å²) in [7, 11) is 1.44. The van der Waals surface area contributed by atoms with E-state index in [9.17, 15) is 4.79 Å². The van der Waals surface area contributed by atoms with Crippen LogP contribution in [0, 0.1) is 5.92 Å². The van der Waals surface area contributed by atoms with Gasteiger partial charge in [0.1, 0.15) is 0 Å². The van der Waals surface area contributed by atoms with Gasteiger partial charge in [0.15, 0.2) is 0 Å². The van der Waals surface area contributed by atoms with Crippen molar-refractivity contribution in [2.75, 3.05) is 25.5 Å². The molecule has 0 saturated carbocycles. The highest BCUT2D eigenvalue weighted by Crippen LogP contribution is 2.22. The number of likely N-dealkylation sites (tertiary alicyclic amines) is 1. The molecule has 15 heavy (non-hydrogen) atoms. The highest BCUT2D eigenvalue weighted by molar-refractivity contribution is 9.09. The Bertz CT molecular complexity index is 280. The van der Waals surface area contributed by atoms with Crippen molar-refractivity contribution in [3.8, 4) is 0 Å².